The molecular formula is C13H20N4O3. The van der Waals surface area contributed by atoms with Crippen LogP contribution in [-0.2, 0) is 11.3 Å². The summed E-state index contributed by atoms with van der Waals surface area (Å²) in [6.45, 7) is 1.73. The number of ether oxygens (including phenoxy) is 1. The van der Waals surface area contributed by atoms with Gasteiger partial charge in [-0.25, -0.2) is 9.48 Å². The van der Waals surface area contributed by atoms with Gasteiger partial charge in [0.15, 0.2) is 0 Å². The van der Waals surface area contributed by atoms with Crippen LogP contribution in [0.25, 0.3) is 0 Å². The summed E-state index contributed by atoms with van der Waals surface area (Å²) in [5, 5.41) is 19.5. The maximum absolute atomic E-state index is 11.9. The van der Waals surface area contributed by atoms with E-state index >= 15 is 0 Å². The number of urea groups is 1. The van der Waals surface area contributed by atoms with Crippen molar-refractivity contribution >= 4 is 11.8 Å². The van der Waals surface area contributed by atoms with Gasteiger partial charge in [-0.05, 0) is 25.2 Å². The molecule has 1 aromatic rings. The Morgan fingerprint density at radius 2 is 2.35 bits per heavy atom. The Bertz CT molecular complexity index is 472. The number of carbonyl (C=O) groups is 1. The maximum Gasteiger partial charge on any atom is 0.320 e. The average Bonchev–Trinajstić information content (AvgIpc) is 3.13. The predicted octanol–water partition coefficient (Wildman–Crippen LogP) is 0.564. The Hall–Kier alpha value is -1.60. The Labute approximate surface area is 117 Å². The van der Waals surface area contributed by atoms with Gasteiger partial charge >= 0.3 is 6.03 Å². The normalized spacial score (nSPS) is 26.2. The summed E-state index contributed by atoms with van der Waals surface area (Å²) >= 11 is 0. The average molecular weight is 280 g/mol. The Morgan fingerprint density at radius 3 is 3.10 bits per heavy atom. The molecule has 3 rings (SSSR count). The van der Waals surface area contributed by atoms with Crippen molar-refractivity contribution in [3.05, 3.63) is 12.3 Å². The number of hydrogen-bond donors (Lipinski definition) is 3. The fourth-order valence-electron chi connectivity index (χ4n) is 2.31. The van der Waals surface area contributed by atoms with Crippen molar-refractivity contribution in [1.82, 2.24) is 15.1 Å². The molecule has 1 saturated carbocycles. The van der Waals surface area contributed by atoms with Crippen LogP contribution < -0.4 is 10.6 Å². The minimum Gasteiger partial charge on any atom is -0.391 e. The topological polar surface area (TPSA) is 88.4 Å². The Morgan fingerprint density at radius 1 is 1.50 bits per heavy atom. The highest BCUT2D eigenvalue weighted by Crippen LogP contribution is 2.31. The van der Waals surface area contributed by atoms with Gasteiger partial charge in [-0.2, -0.15) is 5.10 Å². The van der Waals surface area contributed by atoms with Crippen LogP contribution in [0, 0.1) is 5.92 Å². The molecule has 0 spiro atoms. The first-order valence-corrected chi connectivity index (χ1v) is 7.07. The summed E-state index contributed by atoms with van der Waals surface area (Å²) in [5.74, 6) is 1.37. The third-order valence-electron chi connectivity index (χ3n) is 3.72. The molecule has 0 bridgehead atoms. The number of nitrogens with one attached hydrogen (secondary N) is 2. The van der Waals surface area contributed by atoms with Crippen LogP contribution in [0.2, 0.25) is 0 Å². The second kappa shape index (κ2) is 5.80. The van der Waals surface area contributed by atoms with Crippen LogP contribution in [-0.4, -0.2) is 46.3 Å². The van der Waals surface area contributed by atoms with Crippen LogP contribution in [0.3, 0.4) is 0 Å². The van der Waals surface area contributed by atoms with Crippen molar-refractivity contribution in [2.75, 3.05) is 18.5 Å². The van der Waals surface area contributed by atoms with Crippen LogP contribution in [0.4, 0.5) is 10.6 Å². The molecule has 1 aromatic heterocycles. The first-order chi connectivity index (χ1) is 9.72. The molecule has 7 heteroatoms. The zero-order valence-corrected chi connectivity index (χ0v) is 11.3. The number of aliphatic hydroxyl groups excluding tert-OH is 1. The van der Waals surface area contributed by atoms with E-state index in [9.17, 15) is 9.90 Å². The lowest BCUT2D eigenvalue weighted by Gasteiger charge is -2.28. The van der Waals surface area contributed by atoms with E-state index in [1.807, 2.05) is 4.68 Å². The van der Waals surface area contributed by atoms with E-state index in [4.69, 9.17) is 4.74 Å². The van der Waals surface area contributed by atoms with E-state index < -0.39 is 6.10 Å². The molecule has 1 saturated heterocycles. The number of carbonyl (C=O) groups excluding carboxylic acids is 1. The van der Waals surface area contributed by atoms with Gasteiger partial charge in [-0.1, -0.05) is 0 Å². The molecule has 1 aliphatic carbocycles. The van der Waals surface area contributed by atoms with Crippen LogP contribution in [0.1, 0.15) is 19.3 Å². The van der Waals surface area contributed by atoms with E-state index in [2.05, 4.69) is 15.7 Å². The monoisotopic (exact) mass is 280 g/mol. The zero-order valence-electron chi connectivity index (χ0n) is 11.3. The van der Waals surface area contributed by atoms with Gasteiger partial charge in [0.1, 0.15) is 5.82 Å². The summed E-state index contributed by atoms with van der Waals surface area (Å²) in [5.41, 5.74) is 0. The minimum atomic E-state index is -0.550. The number of amides is 2. The molecular weight excluding hydrogens is 260 g/mol. The van der Waals surface area contributed by atoms with E-state index in [1.165, 1.54) is 12.8 Å². The van der Waals surface area contributed by atoms with Gasteiger partial charge < -0.3 is 15.2 Å². The second-order valence-electron chi connectivity index (χ2n) is 5.48. The number of nitrogens with zero attached hydrogens (tertiary/aromatic N) is 2. The minimum absolute atomic E-state index is 0.336. The zero-order chi connectivity index (χ0) is 13.9. The van der Waals surface area contributed by atoms with Gasteiger partial charge in [0.25, 0.3) is 0 Å². The fourth-order valence-corrected chi connectivity index (χ4v) is 2.31. The van der Waals surface area contributed by atoms with Crippen LogP contribution in [0.5, 0.6) is 0 Å². The molecule has 110 valence electrons. The van der Waals surface area contributed by atoms with Crippen LogP contribution >= 0.6 is 0 Å². The third-order valence-corrected chi connectivity index (χ3v) is 3.72. The molecule has 2 atom stereocenters. The molecule has 1 aliphatic heterocycles. The largest absolute Gasteiger partial charge is 0.391 e. The Kier molecular flexibility index (Phi) is 3.88. The van der Waals surface area contributed by atoms with E-state index in [0.717, 1.165) is 6.54 Å². The lowest BCUT2D eigenvalue weighted by Crippen LogP contribution is -2.50. The van der Waals surface area contributed by atoms with Crippen molar-refractivity contribution in [3.63, 3.8) is 0 Å². The first-order valence-electron chi connectivity index (χ1n) is 7.07. The molecule has 0 unspecified atom stereocenters. The smallest absolute Gasteiger partial charge is 0.320 e. The summed E-state index contributed by atoms with van der Waals surface area (Å²) in [7, 11) is 0. The lowest BCUT2D eigenvalue weighted by molar-refractivity contribution is -0.0113. The Balaban J connectivity index is 1.54. The van der Waals surface area contributed by atoms with Crippen molar-refractivity contribution < 1.29 is 14.6 Å². The van der Waals surface area contributed by atoms with Crippen molar-refractivity contribution in [1.29, 1.82) is 0 Å². The number of hydrogen-bond acceptors (Lipinski definition) is 4. The summed E-state index contributed by atoms with van der Waals surface area (Å²) in [4.78, 5) is 11.9. The molecule has 2 fully saturated rings. The first kappa shape index (κ1) is 13.4. The predicted molar refractivity (Wildman–Crippen MR) is 72.3 cm³/mol. The summed E-state index contributed by atoms with van der Waals surface area (Å²) in [6, 6.07) is 1.08. The molecule has 2 aliphatic rings. The second-order valence-corrected chi connectivity index (χ2v) is 5.48. The van der Waals surface area contributed by atoms with Crippen LogP contribution in [0.15, 0.2) is 12.3 Å². The number of anilines is 1. The lowest BCUT2D eigenvalue weighted by atomic mass is 10.1. The summed E-state index contributed by atoms with van der Waals surface area (Å²) in [6.07, 6.45) is 4.14. The maximum atomic E-state index is 11.9. The number of rotatable bonds is 4. The van der Waals surface area contributed by atoms with Crippen molar-refractivity contribution in [3.8, 4) is 0 Å². The number of aromatic nitrogens is 2. The van der Waals surface area contributed by atoms with E-state index in [1.54, 1.807) is 12.3 Å². The number of aliphatic hydroxyl groups is 1. The van der Waals surface area contributed by atoms with E-state index in [-0.39, 0.29) is 12.1 Å². The van der Waals surface area contributed by atoms with Gasteiger partial charge in [0.05, 0.1) is 24.9 Å². The molecule has 0 radical (unpaired) electrons. The summed E-state index contributed by atoms with van der Waals surface area (Å²) < 4.78 is 7.06. The fraction of sp³-hybridized carbons (Fsp3) is 0.692. The van der Waals surface area contributed by atoms with Gasteiger partial charge in [0, 0.05) is 19.2 Å². The molecule has 2 heterocycles. The highest BCUT2D eigenvalue weighted by Gasteiger charge is 2.26. The molecule has 0 aromatic carbocycles. The van der Waals surface area contributed by atoms with Gasteiger partial charge in [0.2, 0.25) is 0 Å². The SMILES string of the molecule is O=C(Nc1ccnn1CC1CC1)N[C@@H]1COCC[C@H]1O. The van der Waals surface area contributed by atoms with Crippen molar-refractivity contribution in [2.24, 2.45) is 5.92 Å². The third kappa shape index (κ3) is 3.29. The standard InChI is InChI=1S/C13H20N4O3/c18-11-4-6-20-8-10(11)15-13(19)16-12-3-5-14-17(12)7-9-1-2-9/h3,5,9-11,18H,1-2,4,6-8H2,(H2,15,16,19)/t10-,11-/m1/s1. The quantitative estimate of drug-likeness (QED) is 0.752. The van der Waals surface area contributed by atoms with Crippen molar-refractivity contribution in [2.45, 2.75) is 38.0 Å². The van der Waals surface area contributed by atoms with Gasteiger partial charge in [-0.3, -0.25) is 5.32 Å². The molecule has 2 amide bonds. The molecule has 7 nitrogen and oxygen atoms in total. The molecule has 3 N–H and O–H groups in total. The van der Waals surface area contributed by atoms with Gasteiger partial charge in [-0.15, -0.1) is 0 Å². The molecule has 20 heavy (non-hydrogen) atoms. The van der Waals surface area contributed by atoms with E-state index in [0.29, 0.717) is 31.4 Å². The highest BCUT2D eigenvalue weighted by atomic mass is 16.5. The highest BCUT2D eigenvalue weighted by molar-refractivity contribution is 5.88.